The molecule has 0 saturated heterocycles. The minimum absolute atomic E-state index is 0.244. The van der Waals surface area contributed by atoms with E-state index in [4.69, 9.17) is 0 Å². The summed E-state index contributed by atoms with van der Waals surface area (Å²) in [7, 11) is 0. The fourth-order valence-electron chi connectivity index (χ4n) is 3.09. The van der Waals surface area contributed by atoms with Crippen molar-refractivity contribution < 1.29 is 9.59 Å². The highest BCUT2D eigenvalue weighted by Crippen LogP contribution is 2.28. The molecule has 5 heteroatoms. The highest BCUT2D eigenvalue weighted by Gasteiger charge is 2.17. The summed E-state index contributed by atoms with van der Waals surface area (Å²) in [4.78, 5) is 26.5. The zero-order valence-corrected chi connectivity index (χ0v) is 14.9. The van der Waals surface area contributed by atoms with Crippen molar-refractivity contribution >= 4 is 23.2 Å². The minimum atomic E-state index is -0.293. The Morgan fingerprint density at radius 1 is 0.958 bits per heavy atom. The van der Waals surface area contributed by atoms with Crippen LogP contribution in [-0.4, -0.2) is 11.8 Å². The molecule has 1 aliphatic carbocycles. The molecule has 126 valence electrons. The highest BCUT2D eigenvalue weighted by molar-refractivity contribution is 7.14. The van der Waals surface area contributed by atoms with Gasteiger partial charge in [0.2, 0.25) is 0 Å². The number of nitrogens with one attached hydrogen (secondary N) is 2. The first kappa shape index (κ1) is 16.7. The van der Waals surface area contributed by atoms with Crippen LogP contribution in [0.25, 0.3) is 0 Å². The van der Waals surface area contributed by atoms with Crippen molar-refractivity contribution in [2.24, 2.45) is 0 Å². The third kappa shape index (κ3) is 3.67. The summed E-state index contributed by atoms with van der Waals surface area (Å²) in [6.07, 6.45) is 5.75. The lowest BCUT2D eigenvalue weighted by atomic mass is 10.1. The van der Waals surface area contributed by atoms with Crippen molar-refractivity contribution in [2.45, 2.75) is 46.0 Å². The predicted molar refractivity (Wildman–Crippen MR) is 96.4 cm³/mol. The van der Waals surface area contributed by atoms with Crippen LogP contribution in [0.3, 0.4) is 0 Å². The first-order chi connectivity index (χ1) is 11.5. The number of hydrogen-bond acceptors (Lipinski definition) is 3. The van der Waals surface area contributed by atoms with Gasteiger partial charge in [0.1, 0.15) is 0 Å². The summed E-state index contributed by atoms with van der Waals surface area (Å²) in [5.74, 6) is -0.537. The number of aryl methyl sites for hydroxylation is 4. The average molecular weight is 342 g/mol. The van der Waals surface area contributed by atoms with Crippen LogP contribution in [0.15, 0.2) is 24.3 Å². The number of carbonyl (C=O) groups excluding carboxylic acids is 2. The number of hydrazine groups is 1. The molecule has 0 aliphatic heterocycles. The number of benzene rings is 1. The molecular weight excluding hydrogens is 320 g/mol. The highest BCUT2D eigenvalue weighted by atomic mass is 32.1. The number of hydrogen-bond donors (Lipinski definition) is 2. The Balaban J connectivity index is 1.64. The van der Waals surface area contributed by atoms with E-state index in [-0.39, 0.29) is 11.8 Å². The molecule has 0 saturated carbocycles. The van der Waals surface area contributed by atoms with Gasteiger partial charge < -0.3 is 0 Å². The molecule has 1 heterocycles. The first-order valence-electron chi connectivity index (χ1n) is 8.34. The maximum absolute atomic E-state index is 12.3. The van der Waals surface area contributed by atoms with Crippen LogP contribution in [0, 0.1) is 13.8 Å². The maximum Gasteiger partial charge on any atom is 0.279 e. The second-order valence-electron chi connectivity index (χ2n) is 6.35. The van der Waals surface area contributed by atoms with E-state index >= 15 is 0 Å². The van der Waals surface area contributed by atoms with Gasteiger partial charge in [0, 0.05) is 10.4 Å². The predicted octanol–water partition coefficient (Wildman–Crippen LogP) is 3.71. The van der Waals surface area contributed by atoms with Gasteiger partial charge in [-0.1, -0.05) is 24.1 Å². The van der Waals surface area contributed by atoms with E-state index in [0.29, 0.717) is 10.4 Å². The fourth-order valence-corrected chi connectivity index (χ4v) is 4.24. The van der Waals surface area contributed by atoms with Crippen LogP contribution in [0.5, 0.6) is 0 Å². The molecule has 2 amide bonds. The number of rotatable bonds is 2. The van der Waals surface area contributed by atoms with E-state index in [1.165, 1.54) is 29.7 Å². The largest absolute Gasteiger partial charge is 0.279 e. The third-order valence-corrected chi connectivity index (χ3v) is 5.62. The molecule has 3 rings (SSSR count). The van der Waals surface area contributed by atoms with Crippen molar-refractivity contribution in [3.63, 3.8) is 0 Å². The summed E-state index contributed by atoms with van der Waals surface area (Å²) in [6.45, 7) is 3.87. The van der Waals surface area contributed by atoms with Crippen molar-refractivity contribution in [1.82, 2.24) is 10.9 Å². The monoisotopic (exact) mass is 342 g/mol. The Hall–Kier alpha value is -2.14. The summed E-state index contributed by atoms with van der Waals surface area (Å²) in [5, 5.41) is 0. The lowest BCUT2D eigenvalue weighted by molar-refractivity contribution is 0.0848. The topological polar surface area (TPSA) is 58.2 Å². The van der Waals surface area contributed by atoms with Crippen molar-refractivity contribution in [2.75, 3.05) is 0 Å². The Bertz CT molecular complexity index is 756. The van der Waals surface area contributed by atoms with Crippen LogP contribution >= 0.6 is 11.3 Å². The molecule has 24 heavy (non-hydrogen) atoms. The van der Waals surface area contributed by atoms with E-state index in [1.807, 2.05) is 32.0 Å². The minimum Gasteiger partial charge on any atom is -0.267 e. The SMILES string of the molecule is Cc1ccc(C(=O)NNC(=O)c2cc3c(s2)CCCCC3)c(C)c1. The molecule has 0 unspecified atom stereocenters. The Labute approximate surface area is 146 Å². The van der Waals surface area contributed by atoms with E-state index < -0.39 is 0 Å². The quantitative estimate of drug-likeness (QED) is 0.646. The molecular formula is C19H22N2O2S. The second-order valence-corrected chi connectivity index (χ2v) is 7.48. The molecule has 4 nitrogen and oxygen atoms in total. The van der Waals surface area contributed by atoms with Gasteiger partial charge in [-0.2, -0.15) is 0 Å². The van der Waals surface area contributed by atoms with Gasteiger partial charge in [0.15, 0.2) is 0 Å². The maximum atomic E-state index is 12.3. The molecule has 1 aromatic carbocycles. The van der Waals surface area contributed by atoms with Crippen molar-refractivity contribution in [3.05, 3.63) is 56.3 Å². The van der Waals surface area contributed by atoms with Crippen LogP contribution < -0.4 is 10.9 Å². The number of thiophene rings is 1. The molecule has 0 fully saturated rings. The lowest BCUT2D eigenvalue weighted by Crippen LogP contribution is -2.41. The molecule has 2 N–H and O–H groups in total. The van der Waals surface area contributed by atoms with Gasteiger partial charge in [-0.15, -0.1) is 11.3 Å². The summed E-state index contributed by atoms with van der Waals surface area (Å²) >= 11 is 1.55. The van der Waals surface area contributed by atoms with Gasteiger partial charge in [-0.05, 0) is 62.8 Å². The normalized spacial score (nSPS) is 13.8. The van der Waals surface area contributed by atoms with Gasteiger partial charge in [-0.25, -0.2) is 0 Å². The van der Waals surface area contributed by atoms with Crippen molar-refractivity contribution in [3.8, 4) is 0 Å². The van der Waals surface area contributed by atoms with Crippen LogP contribution in [0.2, 0.25) is 0 Å². The summed E-state index contributed by atoms with van der Waals surface area (Å²) in [6, 6.07) is 7.59. The Kier molecular flexibility index (Phi) is 5.00. The van der Waals surface area contributed by atoms with Crippen LogP contribution in [0.1, 0.15) is 60.9 Å². The second kappa shape index (κ2) is 7.18. The zero-order chi connectivity index (χ0) is 17.1. The number of fused-ring (bicyclic) bond motifs is 1. The van der Waals surface area contributed by atoms with Gasteiger partial charge in [0.25, 0.3) is 11.8 Å². The van der Waals surface area contributed by atoms with E-state index in [1.54, 1.807) is 17.4 Å². The number of carbonyl (C=O) groups is 2. The van der Waals surface area contributed by atoms with Crippen molar-refractivity contribution in [1.29, 1.82) is 0 Å². The molecule has 0 bridgehead atoms. The summed E-state index contributed by atoms with van der Waals surface area (Å²) in [5.41, 5.74) is 8.92. The van der Waals surface area contributed by atoms with E-state index in [0.717, 1.165) is 24.0 Å². The van der Waals surface area contributed by atoms with Crippen LogP contribution in [0.4, 0.5) is 0 Å². The lowest BCUT2D eigenvalue weighted by Gasteiger charge is -2.09. The third-order valence-electron chi connectivity index (χ3n) is 4.39. The van der Waals surface area contributed by atoms with Gasteiger partial charge >= 0.3 is 0 Å². The standard InChI is InChI=1S/C19H22N2O2S/c1-12-8-9-15(13(2)10-12)18(22)20-21-19(23)17-11-14-6-4-3-5-7-16(14)24-17/h8-11H,3-7H2,1-2H3,(H,20,22)(H,21,23). The Morgan fingerprint density at radius 2 is 1.71 bits per heavy atom. The van der Waals surface area contributed by atoms with Gasteiger partial charge in [0.05, 0.1) is 4.88 Å². The molecule has 2 aromatic rings. The van der Waals surface area contributed by atoms with Crippen LogP contribution in [-0.2, 0) is 12.8 Å². The number of amides is 2. The smallest absolute Gasteiger partial charge is 0.267 e. The Morgan fingerprint density at radius 3 is 2.50 bits per heavy atom. The average Bonchev–Trinajstić information content (AvgIpc) is 2.83. The zero-order valence-electron chi connectivity index (χ0n) is 14.1. The molecule has 0 atom stereocenters. The molecule has 0 radical (unpaired) electrons. The van der Waals surface area contributed by atoms with E-state index in [9.17, 15) is 9.59 Å². The van der Waals surface area contributed by atoms with E-state index in [2.05, 4.69) is 10.9 Å². The molecule has 0 spiro atoms. The molecule has 1 aliphatic rings. The fraction of sp³-hybridized carbons (Fsp3) is 0.368. The summed E-state index contributed by atoms with van der Waals surface area (Å²) < 4.78 is 0. The van der Waals surface area contributed by atoms with Gasteiger partial charge in [-0.3, -0.25) is 20.4 Å². The first-order valence-corrected chi connectivity index (χ1v) is 9.16. The molecule has 1 aromatic heterocycles.